The summed E-state index contributed by atoms with van der Waals surface area (Å²) in [5.41, 5.74) is 6.72. The number of hydrogen-bond donors (Lipinski definition) is 2. The maximum atomic E-state index is 6.09. The Bertz CT molecular complexity index is 608. The number of nitrogens with two attached hydrogens (primary N) is 1. The van der Waals surface area contributed by atoms with Crippen LogP contribution in [0.3, 0.4) is 0 Å². The van der Waals surface area contributed by atoms with Crippen molar-refractivity contribution in [1.29, 1.82) is 0 Å². The molecule has 19 heavy (non-hydrogen) atoms. The van der Waals surface area contributed by atoms with Gasteiger partial charge in [-0.15, -0.1) is 0 Å². The Kier molecular flexibility index (Phi) is 3.02. The van der Waals surface area contributed by atoms with Gasteiger partial charge in [0.1, 0.15) is 23.0 Å². The van der Waals surface area contributed by atoms with E-state index in [0.717, 1.165) is 30.9 Å². The summed E-state index contributed by atoms with van der Waals surface area (Å²) in [6.07, 6.45) is 5.43. The summed E-state index contributed by atoms with van der Waals surface area (Å²) < 4.78 is 2.18. The number of imidazole rings is 1. The first-order valence-electron chi connectivity index (χ1n) is 6.18. The molecule has 0 amide bonds. The van der Waals surface area contributed by atoms with Gasteiger partial charge in [0, 0.05) is 25.2 Å². The van der Waals surface area contributed by atoms with E-state index in [4.69, 9.17) is 17.3 Å². The Labute approximate surface area is 116 Å². The van der Waals surface area contributed by atoms with Gasteiger partial charge in [0.15, 0.2) is 5.82 Å². The van der Waals surface area contributed by atoms with Gasteiger partial charge >= 0.3 is 0 Å². The lowest BCUT2D eigenvalue weighted by molar-refractivity contribution is 0.475. The third-order valence-electron chi connectivity index (χ3n) is 3.27. The zero-order valence-electron chi connectivity index (χ0n) is 10.6. The molecule has 3 heterocycles. The van der Waals surface area contributed by atoms with E-state index in [1.54, 1.807) is 0 Å². The summed E-state index contributed by atoms with van der Waals surface area (Å²) in [5.74, 6) is 2.04. The van der Waals surface area contributed by atoms with Crippen LogP contribution in [-0.2, 0) is 13.0 Å². The molecule has 3 rings (SSSR count). The molecule has 0 saturated heterocycles. The Balaban J connectivity index is 1.77. The third kappa shape index (κ3) is 2.35. The van der Waals surface area contributed by atoms with Crippen LogP contribution in [0.4, 0.5) is 11.6 Å². The highest BCUT2D eigenvalue weighted by Gasteiger charge is 2.21. The largest absolute Gasteiger partial charge is 0.382 e. The number of aromatic nitrogens is 4. The van der Waals surface area contributed by atoms with Crippen molar-refractivity contribution in [3.8, 4) is 0 Å². The topological polar surface area (TPSA) is 81.7 Å². The molecule has 0 aromatic carbocycles. The highest BCUT2D eigenvalue weighted by molar-refractivity contribution is 6.35. The molecule has 0 spiro atoms. The van der Waals surface area contributed by atoms with Crippen LogP contribution in [0.15, 0.2) is 12.5 Å². The molecule has 100 valence electrons. The molecule has 7 heteroatoms. The fraction of sp³-hybridized carbons (Fsp3) is 0.417. The standard InChI is InChI=1S/C12H15ClN6/c1-7-4-19-5-8(2-3-9(19)17-7)18-12-10(13)11(14)15-6-16-12/h4,6,8H,2-3,5H2,1H3,(H3,14,15,16,18). The molecular weight excluding hydrogens is 264 g/mol. The lowest BCUT2D eigenvalue weighted by Crippen LogP contribution is -2.31. The molecule has 1 atom stereocenters. The molecule has 0 saturated carbocycles. The molecular formula is C12H15ClN6. The number of anilines is 2. The number of nitrogens with one attached hydrogen (secondary N) is 1. The van der Waals surface area contributed by atoms with Gasteiger partial charge in [0.2, 0.25) is 0 Å². The fourth-order valence-corrected chi connectivity index (χ4v) is 2.53. The Hall–Kier alpha value is -1.82. The van der Waals surface area contributed by atoms with Gasteiger partial charge in [-0.2, -0.15) is 0 Å². The van der Waals surface area contributed by atoms with Gasteiger partial charge in [0.25, 0.3) is 0 Å². The second kappa shape index (κ2) is 4.70. The van der Waals surface area contributed by atoms with Crippen molar-refractivity contribution < 1.29 is 0 Å². The van der Waals surface area contributed by atoms with Crippen molar-refractivity contribution in [3.63, 3.8) is 0 Å². The molecule has 0 bridgehead atoms. The Morgan fingerprint density at radius 1 is 1.47 bits per heavy atom. The zero-order chi connectivity index (χ0) is 13.4. The van der Waals surface area contributed by atoms with Crippen molar-refractivity contribution in [2.75, 3.05) is 11.1 Å². The van der Waals surface area contributed by atoms with Crippen molar-refractivity contribution in [3.05, 3.63) is 29.1 Å². The number of rotatable bonds is 2. The monoisotopic (exact) mass is 278 g/mol. The summed E-state index contributed by atoms with van der Waals surface area (Å²) in [6, 6.07) is 0.271. The third-order valence-corrected chi connectivity index (χ3v) is 3.64. The highest BCUT2D eigenvalue weighted by atomic mass is 35.5. The normalized spacial score (nSPS) is 18.1. The zero-order valence-corrected chi connectivity index (χ0v) is 11.4. The van der Waals surface area contributed by atoms with E-state index >= 15 is 0 Å². The Morgan fingerprint density at radius 2 is 2.32 bits per heavy atom. The molecule has 3 N–H and O–H groups in total. The first kappa shape index (κ1) is 12.2. The Morgan fingerprint density at radius 3 is 3.16 bits per heavy atom. The van der Waals surface area contributed by atoms with Gasteiger partial charge in [0.05, 0.1) is 5.69 Å². The van der Waals surface area contributed by atoms with Crippen LogP contribution in [0.1, 0.15) is 17.9 Å². The molecule has 1 aliphatic heterocycles. The molecule has 0 aliphatic carbocycles. The molecule has 6 nitrogen and oxygen atoms in total. The van der Waals surface area contributed by atoms with E-state index in [2.05, 4.69) is 31.0 Å². The number of nitrogen functional groups attached to an aromatic ring is 1. The minimum absolute atomic E-state index is 0.271. The molecule has 0 radical (unpaired) electrons. The van der Waals surface area contributed by atoms with Crippen LogP contribution in [0.5, 0.6) is 0 Å². The predicted octanol–water partition coefficient (Wildman–Crippen LogP) is 1.64. The van der Waals surface area contributed by atoms with Crippen LogP contribution < -0.4 is 11.1 Å². The van der Waals surface area contributed by atoms with E-state index in [-0.39, 0.29) is 6.04 Å². The lowest BCUT2D eigenvalue weighted by Gasteiger charge is -2.25. The van der Waals surface area contributed by atoms with Gasteiger partial charge in [-0.05, 0) is 13.3 Å². The van der Waals surface area contributed by atoms with Gasteiger partial charge in [-0.1, -0.05) is 11.6 Å². The second-order valence-electron chi connectivity index (χ2n) is 4.75. The first-order chi connectivity index (χ1) is 9.13. The van der Waals surface area contributed by atoms with Crippen LogP contribution in [-0.4, -0.2) is 25.6 Å². The summed E-state index contributed by atoms with van der Waals surface area (Å²) in [5, 5.41) is 3.71. The van der Waals surface area contributed by atoms with E-state index in [0.29, 0.717) is 16.7 Å². The van der Waals surface area contributed by atoms with E-state index in [1.807, 2.05) is 6.92 Å². The van der Waals surface area contributed by atoms with Crippen molar-refractivity contribution >= 4 is 23.2 Å². The van der Waals surface area contributed by atoms with Gasteiger partial charge < -0.3 is 15.6 Å². The predicted molar refractivity (Wildman–Crippen MR) is 74.2 cm³/mol. The second-order valence-corrected chi connectivity index (χ2v) is 5.13. The van der Waals surface area contributed by atoms with Crippen LogP contribution in [0, 0.1) is 6.92 Å². The molecule has 2 aromatic heterocycles. The first-order valence-corrected chi connectivity index (χ1v) is 6.56. The molecule has 1 unspecified atom stereocenters. The number of halogens is 1. The number of nitrogens with zero attached hydrogens (tertiary/aromatic N) is 4. The minimum Gasteiger partial charge on any atom is -0.382 e. The molecule has 1 aliphatic rings. The SMILES string of the molecule is Cc1cn2c(n1)CCC(Nc1ncnc(N)c1Cl)C2. The number of aryl methyl sites for hydroxylation is 2. The summed E-state index contributed by atoms with van der Waals surface area (Å²) in [7, 11) is 0. The van der Waals surface area contributed by atoms with Crippen LogP contribution in [0.25, 0.3) is 0 Å². The van der Waals surface area contributed by atoms with Crippen molar-refractivity contribution in [2.45, 2.75) is 32.4 Å². The van der Waals surface area contributed by atoms with Gasteiger partial charge in [-0.3, -0.25) is 0 Å². The van der Waals surface area contributed by atoms with E-state index in [9.17, 15) is 0 Å². The average Bonchev–Trinajstić information content (AvgIpc) is 2.74. The quantitative estimate of drug-likeness (QED) is 0.873. The van der Waals surface area contributed by atoms with Crippen LogP contribution in [0.2, 0.25) is 5.02 Å². The summed E-state index contributed by atoms with van der Waals surface area (Å²) in [6.45, 7) is 2.87. The van der Waals surface area contributed by atoms with Crippen LogP contribution >= 0.6 is 11.6 Å². The van der Waals surface area contributed by atoms with Crippen molar-refractivity contribution in [1.82, 2.24) is 19.5 Å². The number of hydrogen-bond acceptors (Lipinski definition) is 5. The smallest absolute Gasteiger partial charge is 0.150 e. The maximum Gasteiger partial charge on any atom is 0.150 e. The van der Waals surface area contributed by atoms with E-state index in [1.165, 1.54) is 6.33 Å². The lowest BCUT2D eigenvalue weighted by atomic mass is 10.1. The van der Waals surface area contributed by atoms with Crippen molar-refractivity contribution in [2.24, 2.45) is 0 Å². The fourth-order valence-electron chi connectivity index (χ4n) is 2.38. The average molecular weight is 279 g/mol. The maximum absolute atomic E-state index is 6.09. The highest BCUT2D eigenvalue weighted by Crippen LogP contribution is 2.26. The molecule has 0 fully saturated rings. The summed E-state index contributed by atoms with van der Waals surface area (Å²) in [4.78, 5) is 12.5. The summed E-state index contributed by atoms with van der Waals surface area (Å²) >= 11 is 6.09. The molecule has 2 aromatic rings. The van der Waals surface area contributed by atoms with Gasteiger partial charge in [-0.25, -0.2) is 15.0 Å². The van der Waals surface area contributed by atoms with E-state index < -0.39 is 0 Å². The minimum atomic E-state index is 0.271. The number of fused-ring (bicyclic) bond motifs is 1.